The van der Waals surface area contributed by atoms with Crippen LogP contribution in [-0.2, 0) is 10.9 Å². The second-order valence-corrected chi connectivity index (χ2v) is 10.1. The molecule has 36 heavy (non-hydrogen) atoms. The molecule has 1 aliphatic heterocycles. The van der Waals surface area contributed by atoms with Gasteiger partial charge in [0.1, 0.15) is 5.52 Å². The van der Waals surface area contributed by atoms with Gasteiger partial charge in [-0.25, -0.2) is 9.97 Å². The fourth-order valence-electron chi connectivity index (χ4n) is 5.14. The van der Waals surface area contributed by atoms with Crippen molar-refractivity contribution in [1.29, 1.82) is 0 Å². The van der Waals surface area contributed by atoms with Crippen molar-refractivity contribution < 1.29 is 17.9 Å². The summed E-state index contributed by atoms with van der Waals surface area (Å²) in [6.45, 7) is 4.15. The van der Waals surface area contributed by atoms with Gasteiger partial charge in [0.25, 0.3) is 0 Å². The van der Waals surface area contributed by atoms with E-state index in [2.05, 4.69) is 22.5 Å². The van der Waals surface area contributed by atoms with Crippen LogP contribution in [0.1, 0.15) is 57.1 Å². The van der Waals surface area contributed by atoms with Crippen LogP contribution in [0.3, 0.4) is 0 Å². The van der Waals surface area contributed by atoms with Gasteiger partial charge in [-0.15, -0.1) is 0 Å². The van der Waals surface area contributed by atoms with Crippen LogP contribution in [0.5, 0.6) is 0 Å². The van der Waals surface area contributed by atoms with Crippen LogP contribution in [0.4, 0.5) is 30.8 Å². The zero-order chi connectivity index (χ0) is 25.3. The number of imidazole rings is 1. The summed E-state index contributed by atoms with van der Waals surface area (Å²) in [6.07, 6.45) is 2.70. The Labute approximate surface area is 207 Å². The van der Waals surface area contributed by atoms with Gasteiger partial charge in [0, 0.05) is 30.5 Å². The Balaban J connectivity index is 1.51. The second-order valence-electron chi connectivity index (χ2n) is 10.1. The molecule has 1 aliphatic carbocycles. The molecule has 1 saturated heterocycles. The quantitative estimate of drug-likeness (QED) is 0.422. The van der Waals surface area contributed by atoms with Gasteiger partial charge in [0.15, 0.2) is 5.65 Å². The van der Waals surface area contributed by atoms with Crippen LogP contribution in [0.25, 0.3) is 11.2 Å². The molecule has 8 nitrogen and oxygen atoms in total. The van der Waals surface area contributed by atoms with Gasteiger partial charge in [0.2, 0.25) is 11.9 Å². The predicted molar refractivity (Wildman–Crippen MR) is 132 cm³/mol. The first-order chi connectivity index (χ1) is 17.2. The van der Waals surface area contributed by atoms with Gasteiger partial charge in [-0.2, -0.15) is 18.2 Å². The van der Waals surface area contributed by atoms with Crippen molar-refractivity contribution in [3.63, 3.8) is 0 Å². The lowest BCUT2D eigenvalue weighted by Crippen LogP contribution is -2.41. The van der Waals surface area contributed by atoms with Crippen LogP contribution in [-0.4, -0.2) is 44.8 Å². The van der Waals surface area contributed by atoms with E-state index in [-0.39, 0.29) is 11.6 Å². The third-order valence-corrected chi connectivity index (χ3v) is 7.40. The van der Waals surface area contributed by atoms with Gasteiger partial charge in [-0.3, -0.25) is 4.57 Å². The molecule has 5 rings (SSSR count). The summed E-state index contributed by atoms with van der Waals surface area (Å²) in [4.78, 5) is 14.0. The number of hydrogen-bond acceptors (Lipinski definition) is 7. The number of hydrogen-bond donors (Lipinski definition) is 3. The largest absolute Gasteiger partial charge is 0.416 e. The number of fused-ring (bicyclic) bond motifs is 1. The average Bonchev–Trinajstić information content (AvgIpc) is 3.21. The number of benzene rings is 1. The van der Waals surface area contributed by atoms with E-state index in [0.717, 1.165) is 50.7 Å². The number of halogens is 3. The maximum absolute atomic E-state index is 13.3. The summed E-state index contributed by atoms with van der Waals surface area (Å²) < 4.78 is 47.4. The second kappa shape index (κ2) is 9.85. The molecular formula is C25H32F3N7O. The van der Waals surface area contributed by atoms with E-state index < -0.39 is 11.7 Å². The Bertz CT molecular complexity index is 1200. The average molecular weight is 504 g/mol. The van der Waals surface area contributed by atoms with E-state index >= 15 is 0 Å². The molecule has 0 amide bonds. The summed E-state index contributed by atoms with van der Waals surface area (Å²) in [5.41, 5.74) is 6.58. The minimum absolute atomic E-state index is 0.104. The normalized spacial score (nSPS) is 22.5. The number of nitrogens with two attached hydrogens (primary N) is 1. The number of nitrogens with zero attached hydrogens (tertiary/aromatic N) is 4. The Morgan fingerprint density at radius 1 is 1.14 bits per heavy atom. The Kier molecular flexibility index (Phi) is 6.78. The molecule has 2 fully saturated rings. The molecule has 0 spiro atoms. The molecule has 194 valence electrons. The molecule has 1 aromatic carbocycles. The topological polar surface area (TPSA) is 103 Å². The molecule has 0 atom stereocenters. The molecule has 0 radical (unpaired) electrons. The first kappa shape index (κ1) is 24.8. The zero-order valence-electron chi connectivity index (χ0n) is 20.3. The van der Waals surface area contributed by atoms with E-state index in [1.807, 2.05) is 4.57 Å². The number of anilines is 3. The number of ether oxygens (including phenoxy) is 1. The monoisotopic (exact) mass is 503 g/mol. The van der Waals surface area contributed by atoms with Crippen LogP contribution >= 0.6 is 0 Å². The smallest absolute Gasteiger partial charge is 0.381 e. The molecule has 3 heterocycles. The van der Waals surface area contributed by atoms with Crippen molar-refractivity contribution in [3.8, 4) is 0 Å². The van der Waals surface area contributed by atoms with E-state index in [9.17, 15) is 13.2 Å². The van der Waals surface area contributed by atoms with Gasteiger partial charge in [-0.05, 0) is 76.1 Å². The molecule has 11 heteroatoms. The molecule has 3 aromatic rings. The van der Waals surface area contributed by atoms with Crippen molar-refractivity contribution in [2.75, 3.05) is 30.4 Å². The molecule has 2 aromatic heterocycles. The first-order valence-corrected chi connectivity index (χ1v) is 12.5. The van der Waals surface area contributed by atoms with E-state index in [1.54, 1.807) is 12.3 Å². The third kappa shape index (κ3) is 5.27. The van der Waals surface area contributed by atoms with E-state index in [4.69, 9.17) is 20.4 Å². The number of alkyl halides is 3. The van der Waals surface area contributed by atoms with E-state index in [1.165, 1.54) is 6.07 Å². The lowest BCUT2D eigenvalue weighted by molar-refractivity contribution is -0.137. The number of rotatable bonds is 6. The maximum atomic E-state index is 13.3. The Morgan fingerprint density at radius 3 is 2.58 bits per heavy atom. The van der Waals surface area contributed by atoms with Gasteiger partial charge >= 0.3 is 6.18 Å². The summed E-state index contributed by atoms with van der Waals surface area (Å²) in [5, 5.41) is 6.60. The lowest BCUT2D eigenvalue weighted by atomic mass is 9.86. The summed E-state index contributed by atoms with van der Waals surface area (Å²) in [7, 11) is 0. The zero-order valence-corrected chi connectivity index (χ0v) is 20.3. The Morgan fingerprint density at radius 2 is 1.89 bits per heavy atom. The SMILES string of the molecule is CC1(Nc2ncc3nc(Nc4cccc(C(F)(F)F)c4)n(C4CCC(CN)CC4)c3n2)CCOCC1. The van der Waals surface area contributed by atoms with Crippen molar-refractivity contribution in [3.05, 3.63) is 36.0 Å². The molecule has 0 unspecified atom stereocenters. The highest BCUT2D eigenvalue weighted by Crippen LogP contribution is 2.38. The van der Waals surface area contributed by atoms with Crippen LogP contribution in [0.15, 0.2) is 30.5 Å². The highest BCUT2D eigenvalue weighted by Gasteiger charge is 2.32. The lowest BCUT2D eigenvalue weighted by Gasteiger charge is -2.34. The number of aromatic nitrogens is 4. The van der Waals surface area contributed by atoms with Crippen molar-refractivity contribution in [2.24, 2.45) is 11.7 Å². The Hall–Kier alpha value is -2.92. The molecular weight excluding hydrogens is 471 g/mol. The minimum Gasteiger partial charge on any atom is -0.381 e. The van der Waals surface area contributed by atoms with Gasteiger partial charge < -0.3 is 21.1 Å². The van der Waals surface area contributed by atoms with Gasteiger partial charge in [-0.1, -0.05) is 6.07 Å². The summed E-state index contributed by atoms with van der Waals surface area (Å²) >= 11 is 0. The van der Waals surface area contributed by atoms with Gasteiger partial charge in [0.05, 0.1) is 11.8 Å². The number of nitrogens with one attached hydrogen (secondary N) is 2. The highest BCUT2D eigenvalue weighted by atomic mass is 19.4. The first-order valence-electron chi connectivity index (χ1n) is 12.5. The van der Waals surface area contributed by atoms with Crippen molar-refractivity contribution in [1.82, 2.24) is 19.5 Å². The van der Waals surface area contributed by atoms with Crippen LogP contribution in [0, 0.1) is 5.92 Å². The highest BCUT2D eigenvalue weighted by molar-refractivity contribution is 5.76. The minimum atomic E-state index is -4.43. The molecule has 0 bridgehead atoms. The molecule has 4 N–H and O–H groups in total. The summed E-state index contributed by atoms with van der Waals surface area (Å²) in [5.74, 6) is 1.45. The summed E-state index contributed by atoms with van der Waals surface area (Å²) in [6, 6.07) is 5.26. The maximum Gasteiger partial charge on any atom is 0.416 e. The molecule has 2 aliphatic rings. The fraction of sp³-hybridized carbons (Fsp3) is 0.560. The molecule has 1 saturated carbocycles. The van der Waals surface area contributed by atoms with Crippen LogP contribution in [0.2, 0.25) is 0 Å². The predicted octanol–water partition coefficient (Wildman–Crippen LogP) is 5.26. The standard InChI is InChI=1S/C25H32F3N7O/c1-24(9-11-36-12-10-24)34-22-30-15-20-21(33-22)35(19-7-5-16(14-29)6-8-19)23(32-20)31-18-4-2-3-17(13-18)25(26,27)28/h2-4,13,15-16,19H,5-12,14,29H2,1H3,(H,31,32)(H,30,33,34). The van der Waals surface area contributed by atoms with E-state index in [0.29, 0.717) is 54.4 Å². The van der Waals surface area contributed by atoms with Crippen molar-refractivity contribution >= 4 is 28.7 Å². The third-order valence-electron chi connectivity index (χ3n) is 7.40. The van der Waals surface area contributed by atoms with Crippen molar-refractivity contribution in [2.45, 2.75) is 63.2 Å². The fourth-order valence-corrected chi connectivity index (χ4v) is 5.14. The van der Waals surface area contributed by atoms with Crippen LogP contribution < -0.4 is 16.4 Å².